The number of amides is 1. The van der Waals surface area contributed by atoms with E-state index >= 15 is 0 Å². The van der Waals surface area contributed by atoms with E-state index in [1.807, 2.05) is 6.92 Å². The van der Waals surface area contributed by atoms with Crippen LogP contribution < -0.4 is 0 Å². The van der Waals surface area contributed by atoms with Crippen LogP contribution in [0.4, 0.5) is 4.39 Å². The number of hydrogen-bond donors (Lipinski definition) is 0. The Kier molecular flexibility index (Phi) is 4.80. The van der Waals surface area contributed by atoms with Gasteiger partial charge in [0.05, 0.1) is 10.6 Å². The van der Waals surface area contributed by atoms with Gasteiger partial charge < -0.3 is 4.90 Å². The first kappa shape index (κ1) is 16.5. The van der Waals surface area contributed by atoms with Gasteiger partial charge in [0, 0.05) is 23.3 Å². The van der Waals surface area contributed by atoms with Gasteiger partial charge in [0.2, 0.25) is 0 Å². The fourth-order valence-corrected chi connectivity index (χ4v) is 3.62. The van der Waals surface area contributed by atoms with Gasteiger partial charge in [-0.3, -0.25) is 4.79 Å². The van der Waals surface area contributed by atoms with Crippen molar-refractivity contribution in [1.82, 2.24) is 4.90 Å². The molecule has 0 N–H and O–H groups in total. The van der Waals surface area contributed by atoms with E-state index in [9.17, 15) is 17.6 Å². The molecule has 0 heterocycles. The molecule has 1 aromatic rings. The second-order valence-corrected chi connectivity index (χ2v) is 7.87. The van der Waals surface area contributed by atoms with Crippen molar-refractivity contribution in [2.45, 2.75) is 37.1 Å². The summed E-state index contributed by atoms with van der Waals surface area (Å²) in [6.45, 7) is 2.41. The lowest BCUT2D eigenvalue weighted by Crippen LogP contribution is -2.34. The topological polar surface area (TPSA) is 54.5 Å². The van der Waals surface area contributed by atoms with Gasteiger partial charge in [-0.25, -0.2) is 12.8 Å². The summed E-state index contributed by atoms with van der Waals surface area (Å²) in [5.41, 5.74) is -0.320. The fraction of sp³-hybridized carbons (Fsp3) is 0.462. The van der Waals surface area contributed by atoms with Crippen LogP contribution in [-0.4, -0.2) is 31.8 Å². The predicted octanol–water partition coefficient (Wildman–Crippen LogP) is 3.42. The standard InChI is InChI=1S/C13H14Cl2FNO3S/c1-2-5-17(8-3-4-8)13(18)9-6-12(21(15,19)20)10(14)7-11(9)16/h6-8H,2-5H2,1H3. The van der Waals surface area contributed by atoms with Crippen molar-refractivity contribution in [3.05, 3.63) is 28.5 Å². The van der Waals surface area contributed by atoms with Crippen molar-refractivity contribution < 1.29 is 17.6 Å². The van der Waals surface area contributed by atoms with Gasteiger partial charge in [0.1, 0.15) is 10.7 Å². The summed E-state index contributed by atoms with van der Waals surface area (Å²) in [4.78, 5) is 13.5. The summed E-state index contributed by atoms with van der Waals surface area (Å²) in [6, 6.07) is 1.82. The smallest absolute Gasteiger partial charge is 0.262 e. The average Bonchev–Trinajstić information content (AvgIpc) is 3.17. The average molecular weight is 354 g/mol. The zero-order valence-electron chi connectivity index (χ0n) is 11.3. The van der Waals surface area contributed by atoms with Crippen LogP contribution in [0.15, 0.2) is 17.0 Å². The van der Waals surface area contributed by atoms with Crippen LogP contribution in [0.2, 0.25) is 5.02 Å². The molecule has 0 bridgehead atoms. The lowest BCUT2D eigenvalue weighted by atomic mass is 10.1. The Bertz CT molecular complexity index is 674. The second-order valence-electron chi connectivity index (χ2n) is 4.93. The molecule has 0 aromatic heterocycles. The summed E-state index contributed by atoms with van der Waals surface area (Å²) >= 11 is 5.68. The second kappa shape index (κ2) is 6.10. The van der Waals surface area contributed by atoms with E-state index in [0.29, 0.717) is 6.54 Å². The maximum Gasteiger partial charge on any atom is 0.262 e. The molecular weight excluding hydrogens is 340 g/mol. The molecule has 8 heteroatoms. The molecule has 0 atom stereocenters. The molecule has 0 saturated heterocycles. The molecule has 116 valence electrons. The number of benzene rings is 1. The maximum absolute atomic E-state index is 14.0. The predicted molar refractivity (Wildman–Crippen MR) is 78.8 cm³/mol. The van der Waals surface area contributed by atoms with Gasteiger partial charge in [-0.15, -0.1) is 0 Å². The third-order valence-corrected chi connectivity index (χ3v) is 5.01. The van der Waals surface area contributed by atoms with Crippen LogP contribution in [0, 0.1) is 5.82 Å². The van der Waals surface area contributed by atoms with Crippen LogP contribution >= 0.6 is 22.3 Å². The van der Waals surface area contributed by atoms with E-state index in [2.05, 4.69) is 0 Å². The molecule has 1 aliphatic rings. The summed E-state index contributed by atoms with van der Waals surface area (Å²) in [5.74, 6) is -1.38. The zero-order chi connectivity index (χ0) is 15.8. The number of nitrogens with zero attached hydrogens (tertiary/aromatic N) is 1. The van der Waals surface area contributed by atoms with Gasteiger partial charge in [-0.2, -0.15) is 0 Å². The highest BCUT2D eigenvalue weighted by atomic mass is 35.7. The van der Waals surface area contributed by atoms with Crippen molar-refractivity contribution in [2.75, 3.05) is 6.54 Å². The highest BCUT2D eigenvalue weighted by Crippen LogP contribution is 2.32. The first-order valence-corrected chi connectivity index (χ1v) is 9.19. The summed E-state index contributed by atoms with van der Waals surface area (Å²) in [6.07, 6.45) is 2.49. The minimum Gasteiger partial charge on any atom is -0.336 e. The van der Waals surface area contributed by atoms with Gasteiger partial charge in [-0.05, 0) is 31.4 Å². The van der Waals surface area contributed by atoms with E-state index in [4.69, 9.17) is 22.3 Å². The molecule has 1 aromatic carbocycles. The maximum atomic E-state index is 14.0. The SMILES string of the molecule is CCCN(C(=O)c1cc(S(=O)(=O)Cl)c(Cl)cc1F)C1CC1. The number of rotatable bonds is 5. The summed E-state index contributed by atoms with van der Waals surface area (Å²) in [5, 5.41) is -0.340. The Balaban J connectivity index is 2.45. The molecule has 1 fully saturated rings. The molecule has 0 radical (unpaired) electrons. The van der Waals surface area contributed by atoms with Gasteiger partial charge in [0.25, 0.3) is 15.0 Å². The third-order valence-electron chi connectivity index (χ3n) is 3.23. The van der Waals surface area contributed by atoms with Crippen LogP contribution in [-0.2, 0) is 9.05 Å². The Labute approximate surface area is 132 Å². The largest absolute Gasteiger partial charge is 0.336 e. The molecule has 0 aliphatic heterocycles. The van der Waals surface area contributed by atoms with Crippen LogP contribution in [0.5, 0.6) is 0 Å². The van der Waals surface area contributed by atoms with Gasteiger partial charge in [-0.1, -0.05) is 18.5 Å². The number of carbonyl (C=O) groups excluding carboxylic acids is 1. The molecule has 0 spiro atoms. The van der Waals surface area contributed by atoms with Gasteiger partial charge >= 0.3 is 0 Å². The molecule has 4 nitrogen and oxygen atoms in total. The molecule has 2 rings (SSSR count). The highest BCUT2D eigenvalue weighted by Gasteiger charge is 2.34. The Morgan fingerprint density at radius 1 is 1.43 bits per heavy atom. The lowest BCUT2D eigenvalue weighted by Gasteiger charge is -2.22. The normalized spacial score (nSPS) is 15.0. The summed E-state index contributed by atoms with van der Waals surface area (Å²) < 4.78 is 36.8. The van der Waals surface area contributed by atoms with Crippen LogP contribution in [0.3, 0.4) is 0 Å². The van der Waals surface area contributed by atoms with Crippen LogP contribution in [0.1, 0.15) is 36.5 Å². The van der Waals surface area contributed by atoms with Crippen molar-refractivity contribution in [3.8, 4) is 0 Å². The van der Waals surface area contributed by atoms with E-state index < -0.39 is 25.7 Å². The molecule has 1 aliphatic carbocycles. The molecular formula is C13H14Cl2FNO3S. The van der Waals surface area contributed by atoms with Crippen molar-refractivity contribution in [3.63, 3.8) is 0 Å². The van der Waals surface area contributed by atoms with Crippen LogP contribution in [0.25, 0.3) is 0 Å². The van der Waals surface area contributed by atoms with Crippen molar-refractivity contribution in [2.24, 2.45) is 0 Å². The van der Waals surface area contributed by atoms with Gasteiger partial charge in [0.15, 0.2) is 0 Å². The monoisotopic (exact) mass is 353 g/mol. The fourth-order valence-electron chi connectivity index (χ4n) is 2.11. The first-order valence-electron chi connectivity index (χ1n) is 6.50. The number of halogens is 3. The van der Waals surface area contributed by atoms with E-state index in [0.717, 1.165) is 31.4 Å². The quantitative estimate of drug-likeness (QED) is 0.762. The first-order chi connectivity index (χ1) is 9.75. The molecule has 0 unspecified atom stereocenters. The van der Waals surface area contributed by atoms with E-state index in [1.165, 1.54) is 0 Å². The Morgan fingerprint density at radius 2 is 2.05 bits per heavy atom. The minimum atomic E-state index is -4.15. The minimum absolute atomic E-state index is 0.101. The van der Waals surface area contributed by atoms with Crippen molar-refractivity contribution in [1.29, 1.82) is 0 Å². The molecule has 21 heavy (non-hydrogen) atoms. The number of carbonyl (C=O) groups is 1. The Hall–Kier alpha value is -0.850. The van der Waals surface area contributed by atoms with E-state index in [-0.39, 0.29) is 16.6 Å². The number of hydrogen-bond acceptors (Lipinski definition) is 3. The highest BCUT2D eigenvalue weighted by molar-refractivity contribution is 8.13. The Morgan fingerprint density at radius 3 is 2.52 bits per heavy atom. The summed E-state index contributed by atoms with van der Waals surface area (Å²) in [7, 11) is 1.10. The molecule has 1 amide bonds. The van der Waals surface area contributed by atoms with Crippen molar-refractivity contribution >= 4 is 37.2 Å². The third kappa shape index (κ3) is 3.67. The molecule has 1 saturated carbocycles. The van der Waals surface area contributed by atoms with E-state index in [1.54, 1.807) is 4.90 Å². The zero-order valence-corrected chi connectivity index (χ0v) is 13.6. The lowest BCUT2D eigenvalue weighted by molar-refractivity contribution is 0.0738.